The van der Waals surface area contributed by atoms with E-state index in [2.05, 4.69) is 21.7 Å². The number of aromatic carboxylic acids is 1. The van der Waals surface area contributed by atoms with Crippen molar-refractivity contribution >= 4 is 11.7 Å². The van der Waals surface area contributed by atoms with Crippen LogP contribution in [0.2, 0.25) is 0 Å². The molecular formula is C19H28FN3O3. The van der Waals surface area contributed by atoms with Crippen molar-refractivity contribution < 1.29 is 19.0 Å². The van der Waals surface area contributed by atoms with E-state index in [1.807, 2.05) is 6.07 Å². The number of carboxylic acids is 1. The van der Waals surface area contributed by atoms with Gasteiger partial charge in [0.2, 0.25) is 0 Å². The summed E-state index contributed by atoms with van der Waals surface area (Å²) in [6.45, 7) is 5.38. The summed E-state index contributed by atoms with van der Waals surface area (Å²) in [4.78, 5) is 18.5. The van der Waals surface area contributed by atoms with Crippen molar-refractivity contribution in [2.24, 2.45) is 0 Å². The molecule has 0 saturated carbocycles. The Bertz CT molecular complexity index is 612. The van der Waals surface area contributed by atoms with Crippen molar-refractivity contribution in [3.05, 3.63) is 23.8 Å². The number of benzene rings is 1. The number of nitrogens with zero attached hydrogens (tertiary/aromatic N) is 3. The number of piperazine rings is 1. The Morgan fingerprint density at radius 2 is 1.88 bits per heavy atom. The Morgan fingerprint density at radius 1 is 1.19 bits per heavy atom. The molecule has 0 amide bonds. The standard InChI is InChI=1S/C19H28FN3O3/c1-21-7-4-15(5-8-21)22-9-11-23(12-10-22)16-2-3-17(19(24)25)18(14-16)26-13-6-20/h2-3,14-15H,4-13H2,1H3,(H,24,25). The Hall–Kier alpha value is -1.86. The number of halogens is 1. The molecule has 0 radical (unpaired) electrons. The van der Waals surface area contributed by atoms with Crippen LogP contribution in [0, 0.1) is 0 Å². The number of rotatable bonds is 6. The van der Waals surface area contributed by atoms with E-state index in [0.717, 1.165) is 45.0 Å². The molecule has 1 aromatic carbocycles. The topological polar surface area (TPSA) is 56.2 Å². The highest BCUT2D eigenvalue weighted by Crippen LogP contribution is 2.28. The molecule has 7 heteroatoms. The van der Waals surface area contributed by atoms with Gasteiger partial charge in [0, 0.05) is 44.0 Å². The van der Waals surface area contributed by atoms with E-state index in [4.69, 9.17) is 4.74 Å². The van der Waals surface area contributed by atoms with Gasteiger partial charge in [-0.1, -0.05) is 0 Å². The quantitative estimate of drug-likeness (QED) is 0.832. The van der Waals surface area contributed by atoms with Crippen molar-refractivity contribution in [3.63, 3.8) is 0 Å². The Labute approximate surface area is 154 Å². The third-order valence-electron chi connectivity index (χ3n) is 5.41. The van der Waals surface area contributed by atoms with E-state index in [-0.39, 0.29) is 17.9 Å². The van der Waals surface area contributed by atoms with Gasteiger partial charge in [-0.05, 0) is 45.1 Å². The lowest BCUT2D eigenvalue weighted by molar-refractivity contribution is 0.0691. The normalized spacial score (nSPS) is 20.3. The van der Waals surface area contributed by atoms with Gasteiger partial charge in [0.1, 0.15) is 24.6 Å². The molecule has 2 fully saturated rings. The summed E-state index contributed by atoms with van der Waals surface area (Å²) in [5.74, 6) is -0.817. The fourth-order valence-corrected chi connectivity index (χ4v) is 3.86. The van der Waals surface area contributed by atoms with Gasteiger partial charge < -0.3 is 19.6 Å². The molecule has 0 spiro atoms. The first-order valence-electron chi connectivity index (χ1n) is 9.32. The van der Waals surface area contributed by atoms with Gasteiger partial charge in [-0.2, -0.15) is 0 Å². The first-order chi connectivity index (χ1) is 12.6. The predicted octanol–water partition coefficient (Wildman–Crippen LogP) is 1.95. The number of hydrogen-bond donors (Lipinski definition) is 1. The zero-order valence-corrected chi connectivity index (χ0v) is 15.4. The van der Waals surface area contributed by atoms with Gasteiger partial charge in [0.15, 0.2) is 0 Å². The lowest BCUT2D eigenvalue weighted by Crippen LogP contribution is -2.53. The second kappa shape index (κ2) is 8.68. The lowest BCUT2D eigenvalue weighted by Gasteiger charge is -2.43. The van der Waals surface area contributed by atoms with Crippen molar-refractivity contribution in [3.8, 4) is 5.75 Å². The van der Waals surface area contributed by atoms with E-state index in [9.17, 15) is 14.3 Å². The summed E-state index contributed by atoms with van der Waals surface area (Å²) >= 11 is 0. The van der Waals surface area contributed by atoms with Crippen molar-refractivity contribution in [1.82, 2.24) is 9.80 Å². The van der Waals surface area contributed by atoms with Gasteiger partial charge in [-0.25, -0.2) is 9.18 Å². The molecule has 3 rings (SSSR count). The van der Waals surface area contributed by atoms with Gasteiger partial charge in [-0.3, -0.25) is 4.90 Å². The molecule has 0 atom stereocenters. The molecule has 0 aliphatic carbocycles. The van der Waals surface area contributed by atoms with E-state index in [1.165, 1.54) is 12.8 Å². The van der Waals surface area contributed by atoms with Gasteiger partial charge in [0.25, 0.3) is 0 Å². The second-order valence-corrected chi connectivity index (χ2v) is 7.08. The van der Waals surface area contributed by atoms with Gasteiger partial charge in [0.05, 0.1) is 0 Å². The molecule has 2 heterocycles. The second-order valence-electron chi connectivity index (χ2n) is 7.08. The average Bonchev–Trinajstić information content (AvgIpc) is 2.67. The summed E-state index contributed by atoms with van der Waals surface area (Å²) in [5.41, 5.74) is 1.01. The molecule has 6 nitrogen and oxygen atoms in total. The van der Waals surface area contributed by atoms with Crippen LogP contribution in [-0.2, 0) is 0 Å². The minimum atomic E-state index is -1.06. The number of likely N-dealkylation sites (tertiary alicyclic amines) is 1. The third-order valence-corrected chi connectivity index (χ3v) is 5.41. The number of hydrogen-bond acceptors (Lipinski definition) is 5. The minimum Gasteiger partial charge on any atom is -0.490 e. The van der Waals surface area contributed by atoms with Crippen molar-refractivity contribution in [2.75, 3.05) is 64.5 Å². The first kappa shape index (κ1) is 18.9. The number of anilines is 1. The molecule has 2 aliphatic rings. The van der Waals surface area contributed by atoms with Crippen LogP contribution < -0.4 is 9.64 Å². The first-order valence-corrected chi connectivity index (χ1v) is 9.32. The van der Waals surface area contributed by atoms with E-state index < -0.39 is 12.6 Å². The summed E-state index contributed by atoms with van der Waals surface area (Å²) < 4.78 is 17.7. The van der Waals surface area contributed by atoms with Crippen LogP contribution in [0.25, 0.3) is 0 Å². The Morgan fingerprint density at radius 3 is 2.50 bits per heavy atom. The van der Waals surface area contributed by atoms with Crippen molar-refractivity contribution in [1.29, 1.82) is 0 Å². The average molecular weight is 365 g/mol. The van der Waals surface area contributed by atoms with Crippen LogP contribution in [0.1, 0.15) is 23.2 Å². The third kappa shape index (κ3) is 4.45. The van der Waals surface area contributed by atoms with E-state index in [1.54, 1.807) is 12.1 Å². The SMILES string of the molecule is CN1CCC(N2CCN(c3ccc(C(=O)O)c(OCCF)c3)CC2)CC1. The molecular weight excluding hydrogens is 337 g/mol. The number of carboxylic acid groups (broad SMARTS) is 1. The maximum atomic E-state index is 12.4. The highest BCUT2D eigenvalue weighted by molar-refractivity contribution is 5.91. The largest absolute Gasteiger partial charge is 0.490 e. The number of carbonyl (C=O) groups is 1. The molecule has 2 aliphatic heterocycles. The fraction of sp³-hybridized carbons (Fsp3) is 0.632. The molecule has 0 unspecified atom stereocenters. The molecule has 2 saturated heterocycles. The summed E-state index contributed by atoms with van der Waals surface area (Å²) in [5, 5.41) is 9.27. The highest BCUT2D eigenvalue weighted by atomic mass is 19.1. The molecule has 144 valence electrons. The summed E-state index contributed by atoms with van der Waals surface area (Å²) in [7, 11) is 2.18. The number of piperidine rings is 1. The maximum absolute atomic E-state index is 12.4. The zero-order chi connectivity index (χ0) is 18.5. The molecule has 0 aromatic heterocycles. The van der Waals surface area contributed by atoms with Crippen LogP contribution in [0.15, 0.2) is 18.2 Å². The van der Waals surface area contributed by atoms with Crippen LogP contribution >= 0.6 is 0 Å². The highest BCUT2D eigenvalue weighted by Gasteiger charge is 2.27. The Kier molecular flexibility index (Phi) is 6.32. The molecule has 0 bridgehead atoms. The molecule has 26 heavy (non-hydrogen) atoms. The lowest BCUT2D eigenvalue weighted by atomic mass is 10.0. The smallest absolute Gasteiger partial charge is 0.339 e. The molecule has 1 N–H and O–H groups in total. The zero-order valence-electron chi connectivity index (χ0n) is 15.4. The van der Waals surface area contributed by atoms with Crippen molar-refractivity contribution in [2.45, 2.75) is 18.9 Å². The minimum absolute atomic E-state index is 0.0761. The number of ether oxygens (including phenoxy) is 1. The number of alkyl halides is 1. The van der Waals surface area contributed by atoms with Crippen LogP contribution in [0.3, 0.4) is 0 Å². The van der Waals surface area contributed by atoms with E-state index >= 15 is 0 Å². The summed E-state index contributed by atoms with van der Waals surface area (Å²) in [6.07, 6.45) is 2.45. The maximum Gasteiger partial charge on any atom is 0.339 e. The monoisotopic (exact) mass is 365 g/mol. The Balaban J connectivity index is 1.62. The van der Waals surface area contributed by atoms with E-state index in [0.29, 0.717) is 6.04 Å². The summed E-state index contributed by atoms with van der Waals surface area (Å²) in [6, 6.07) is 5.77. The van der Waals surface area contributed by atoms with Crippen LogP contribution in [0.5, 0.6) is 5.75 Å². The van der Waals surface area contributed by atoms with Crippen LogP contribution in [-0.4, -0.2) is 86.5 Å². The van der Waals surface area contributed by atoms with Gasteiger partial charge in [-0.15, -0.1) is 0 Å². The van der Waals surface area contributed by atoms with Crippen LogP contribution in [0.4, 0.5) is 10.1 Å². The van der Waals surface area contributed by atoms with Gasteiger partial charge >= 0.3 is 5.97 Å². The molecule has 1 aromatic rings. The predicted molar refractivity (Wildman–Crippen MR) is 99.2 cm³/mol. The fourth-order valence-electron chi connectivity index (χ4n) is 3.86.